The molecule has 4 heterocycles. The van der Waals surface area contributed by atoms with Crippen molar-refractivity contribution >= 4 is 11.6 Å². The van der Waals surface area contributed by atoms with Crippen molar-refractivity contribution in [1.29, 1.82) is 0 Å². The number of aromatic nitrogens is 4. The molecule has 1 aliphatic heterocycles. The molecule has 0 aliphatic carbocycles. The van der Waals surface area contributed by atoms with Gasteiger partial charge in [0.25, 0.3) is 5.91 Å². The fourth-order valence-corrected chi connectivity index (χ4v) is 3.42. The van der Waals surface area contributed by atoms with Gasteiger partial charge in [-0.2, -0.15) is 18.3 Å². The van der Waals surface area contributed by atoms with Crippen LogP contribution in [-0.4, -0.2) is 38.9 Å². The van der Waals surface area contributed by atoms with Crippen LogP contribution in [0.5, 0.6) is 0 Å². The van der Waals surface area contributed by atoms with Gasteiger partial charge in [0.15, 0.2) is 11.5 Å². The van der Waals surface area contributed by atoms with Gasteiger partial charge in [-0.1, -0.05) is 0 Å². The second kappa shape index (κ2) is 8.30. The van der Waals surface area contributed by atoms with Crippen LogP contribution < -0.4 is 5.32 Å². The predicted molar refractivity (Wildman–Crippen MR) is 106 cm³/mol. The van der Waals surface area contributed by atoms with Gasteiger partial charge in [-0.05, 0) is 31.2 Å². The molecule has 1 saturated heterocycles. The molecule has 0 saturated carbocycles. The number of hydrogen-bond donors (Lipinski definition) is 1. The average Bonchev–Trinajstić information content (AvgIpc) is 3.15. The lowest BCUT2D eigenvalue weighted by Crippen LogP contribution is -2.30. The molecule has 1 amide bonds. The molecule has 3 aromatic rings. The molecule has 0 spiro atoms. The highest BCUT2D eigenvalue weighted by Crippen LogP contribution is 2.35. The molecule has 0 bridgehead atoms. The summed E-state index contributed by atoms with van der Waals surface area (Å²) < 4.78 is 59.6. The van der Waals surface area contributed by atoms with Gasteiger partial charge in [-0.25, -0.2) is 14.1 Å². The molecule has 0 atom stereocenters. The van der Waals surface area contributed by atoms with Crippen LogP contribution in [0.15, 0.2) is 42.9 Å². The number of pyridine rings is 2. The molecule has 0 unspecified atom stereocenters. The van der Waals surface area contributed by atoms with Crippen molar-refractivity contribution in [2.75, 3.05) is 18.5 Å². The van der Waals surface area contributed by atoms with Crippen molar-refractivity contribution in [2.45, 2.75) is 31.6 Å². The van der Waals surface area contributed by atoms with Crippen molar-refractivity contribution in [2.24, 2.45) is 0 Å². The highest BCUT2D eigenvalue weighted by Gasteiger charge is 2.35. The number of hydrogen-bond acceptors (Lipinski definition) is 5. The third kappa shape index (κ3) is 4.33. The van der Waals surface area contributed by atoms with Crippen molar-refractivity contribution in [1.82, 2.24) is 19.7 Å². The number of anilines is 1. The first-order valence-electron chi connectivity index (χ1n) is 9.80. The van der Waals surface area contributed by atoms with Crippen LogP contribution in [-0.2, 0) is 16.6 Å². The average molecular weight is 449 g/mol. The largest absolute Gasteiger partial charge is 0.417 e. The van der Waals surface area contributed by atoms with Gasteiger partial charge in [0.1, 0.15) is 0 Å². The number of nitrogens with one attached hydrogen (secondary N) is 1. The fraction of sp³-hybridized carbons (Fsp3) is 0.333. The number of amides is 1. The Labute approximate surface area is 180 Å². The summed E-state index contributed by atoms with van der Waals surface area (Å²) in [4.78, 5) is 20.6. The molecular weight excluding hydrogens is 430 g/mol. The van der Waals surface area contributed by atoms with E-state index >= 15 is 0 Å². The molecule has 1 aliphatic rings. The van der Waals surface area contributed by atoms with Gasteiger partial charge < -0.3 is 10.1 Å². The number of halogens is 4. The summed E-state index contributed by atoms with van der Waals surface area (Å²) in [5.41, 5.74) is -1.17. The molecule has 1 N–H and O–H groups in total. The van der Waals surface area contributed by atoms with E-state index in [-0.39, 0.29) is 29.9 Å². The third-order valence-electron chi connectivity index (χ3n) is 5.31. The second-order valence-corrected chi connectivity index (χ2v) is 7.42. The van der Waals surface area contributed by atoms with E-state index in [2.05, 4.69) is 20.4 Å². The number of ether oxygens (including phenoxy) is 1. The highest BCUT2D eigenvalue weighted by atomic mass is 19.4. The van der Waals surface area contributed by atoms with E-state index in [1.54, 1.807) is 13.0 Å². The molecule has 0 radical (unpaired) electrons. The van der Waals surface area contributed by atoms with E-state index in [4.69, 9.17) is 4.74 Å². The first-order valence-corrected chi connectivity index (χ1v) is 9.80. The first-order chi connectivity index (χ1) is 15.2. The van der Waals surface area contributed by atoms with E-state index in [1.165, 1.54) is 29.2 Å². The lowest BCUT2D eigenvalue weighted by molar-refractivity contribution is -0.137. The summed E-state index contributed by atoms with van der Waals surface area (Å²) in [5.74, 6) is -0.346. The Bertz CT molecular complexity index is 1100. The van der Waals surface area contributed by atoms with Crippen molar-refractivity contribution in [3.8, 4) is 5.82 Å². The zero-order chi connectivity index (χ0) is 22.9. The molecular formula is C21H19F4N5O2. The van der Waals surface area contributed by atoms with Crippen LogP contribution in [0.2, 0.25) is 0 Å². The van der Waals surface area contributed by atoms with Crippen LogP contribution in [0.3, 0.4) is 0 Å². The minimum absolute atomic E-state index is 0.144. The lowest BCUT2D eigenvalue weighted by Gasteiger charge is -2.28. The Hall–Kier alpha value is -3.34. The van der Waals surface area contributed by atoms with Crippen LogP contribution >= 0.6 is 0 Å². The smallest absolute Gasteiger partial charge is 0.381 e. The Morgan fingerprint density at radius 2 is 1.84 bits per heavy atom. The minimum atomic E-state index is -4.49. The van der Waals surface area contributed by atoms with Crippen LogP contribution in [0.25, 0.3) is 5.82 Å². The molecule has 7 nitrogen and oxygen atoms in total. The number of nitrogens with zero attached hydrogens (tertiary/aromatic N) is 4. The Balaban J connectivity index is 1.48. The monoisotopic (exact) mass is 449 g/mol. The summed E-state index contributed by atoms with van der Waals surface area (Å²) in [6.07, 6.45) is -0.666. The standard InChI is InChI=1S/C21H19F4N5O2/c1-13-16(12-28-30(13)18-5-2-14(10-27-18)21(23,24)25)19(31)29-15-3-4-17(26-11-15)20(22)6-8-32-9-7-20/h2-5,10-12H,6-9H2,1H3,(H,29,31). The van der Waals surface area contributed by atoms with Gasteiger partial charge in [0, 0.05) is 19.0 Å². The summed E-state index contributed by atoms with van der Waals surface area (Å²) in [6.45, 7) is 2.25. The molecule has 1 fully saturated rings. The summed E-state index contributed by atoms with van der Waals surface area (Å²) in [7, 11) is 0. The Morgan fingerprint density at radius 3 is 2.44 bits per heavy atom. The zero-order valence-electron chi connectivity index (χ0n) is 17.0. The van der Waals surface area contributed by atoms with Gasteiger partial charge in [-0.3, -0.25) is 9.78 Å². The van der Waals surface area contributed by atoms with E-state index < -0.39 is 23.3 Å². The van der Waals surface area contributed by atoms with E-state index in [0.717, 1.165) is 6.07 Å². The topological polar surface area (TPSA) is 81.9 Å². The normalized spacial score (nSPS) is 16.0. The van der Waals surface area contributed by atoms with Crippen LogP contribution in [0, 0.1) is 6.92 Å². The summed E-state index contributed by atoms with van der Waals surface area (Å²) in [5, 5.41) is 6.72. The maximum absolute atomic E-state index is 15.0. The van der Waals surface area contributed by atoms with E-state index in [1.807, 2.05) is 0 Å². The quantitative estimate of drug-likeness (QED) is 0.604. The summed E-state index contributed by atoms with van der Waals surface area (Å²) in [6, 6.07) is 5.17. The Morgan fingerprint density at radius 1 is 1.09 bits per heavy atom. The Kier molecular flexibility index (Phi) is 5.68. The van der Waals surface area contributed by atoms with Crippen LogP contribution in [0.1, 0.15) is 40.2 Å². The van der Waals surface area contributed by atoms with Crippen molar-refractivity contribution in [3.63, 3.8) is 0 Å². The highest BCUT2D eigenvalue weighted by molar-refractivity contribution is 6.04. The number of carbonyl (C=O) groups excluding carboxylic acids is 1. The summed E-state index contributed by atoms with van der Waals surface area (Å²) >= 11 is 0. The molecule has 11 heteroatoms. The van der Waals surface area contributed by atoms with Gasteiger partial charge in [0.05, 0.1) is 53.8 Å². The number of alkyl halides is 4. The fourth-order valence-electron chi connectivity index (χ4n) is 3.42. The molecule has 3 aromatic heterocycles. The van der Waals surface area contributed by atoms with Crippen molar-refractivity contribution < 1.29 is 27.1 Å². The predicted octanol–water partition coefficient (Wildman–Crippen LogP) is 4.22. The SMILES string of the molecule is Cc1c(C(=O)Nc2ccc(C3(F)CCOCC3)nc2)cnn1-c1ccc(C(F)(F)F)cn1. The molecule has 4 rings (SSSR count). The van der Waals surface area contributed by atoms with Crippen LogP contribution in [0.4, 0.5) is 23.2 Å². The number of carbonyl (C=O) groups is 1. The first kappa shape index (κ1) is 21.9. The van der Waals surface area contributed by atoms with Crippen molar-refractivity contribution in [3.05, 3.63) is 65.4 Å². The maximum Gasteiger partial charge on any atom is 0.417 e. The minimum Gasteiger partial charge on any atom is -0.381 e. The lowest BCUT2D eigenvalue weighted by atomic mass is 9.92. The molecule has 0 aromatic carbocycles. The number of rotatable bonds is 4. The van der Waals surface area contributed by atoms with Gasteiger partial charge >= 0.3 is 6.18 Å². The molecule has 168 valence electrons. The van der Waals surface area contributed by atoms with E-state index in [9.17, 15) is 22.4 Å². The van der Waals surface area contributed by atoms with Gasteiger partial charge in [-0.15, -0.1) is 0 Å². The zero-order valence-corrected chi connectivity index (χ0v) is 17.0. The van der Waals surface area contributed by atoms with E-state index in [0.29, 0.717) is 30.8 Å². The van der Waals surface area contributed by atoms with Gasteiger partial charge in [0.2, 0.25) is 0 Å². The molecule has 32 heavy (non-hydrogen) atoms. The third-order valence-corrected chi connectivity index (χ3v) is 5.31. The second-order valence-electron chi connectivity index (χ2n) is 7.42. The maximum atomic E-state index is 15.0.